The van der Waals surface area contributed by atoms with Gasteiger partial charge in [-0.2, -0.15) is 13.2 Å². The average molecular weight is 382 g/mol. The Morgan fingerprint density at radius 1 is 1.17 bits per heavy atom. The number of benzene rings is 1. The van der Waals surface area contributed by atoms with Gasteiger partial charge in [0.25, 0.3) is 0 Å². The number of pyridine rings is 1. The van der Waals surface area contributed by atoms with Gasteiger partial charge in [0.2, 0.25) is 5.88 Å². The summed E-state index contributed by atoms with van der Waals surface area (Å²) in [6, 6.07) is 5.97. The smallest absolute Gasteiger partial charge is 0.416 e. The van der Waals surface area contributed by atoms with E-state index in [0.717, 1.165) is 14.2 Å². The van der Waals surface area contributed by atoms with Crippen LogP contribution in [0.15, 0.2) is 36.5 Å². The Hall–Kier alpha value is -1.60. The number of alkyl halides is 3. The van der Waals surface area contributed by atoms with Gasteiger partial charge in [0, 0.05) is 26.5 Å². The van der Waals surface area contributed by atoms with Crippen LogP contribution < -0.4 is 10.0 Å². The van der Waals surface area contributed by atoms with E-state index in [1.807, 2.05) is 0 Å². The highest BCUT2D eigenvalue weighted by atomic mass is 35.5. The molecule has 0 spiro atoms. The van der Waals surface area contributed by atoms with Crippen molar-refractivity contribution in [1.29, 1.82) is 0 Å². The summed E-state index contributed by atoms with van der Waals surface area (Å²) in [5, 5.41) is -0.849. The molecule has 0 bridgehead atoms. The third-order valence-electron chi connectivity index (χ3n) is 2.97. The molecule has 0 aliphatic carbocycles. The number of aromatic nitrogens is 1. The molecular weight excluding hydrogens is 370 g/mol. The lowest BCUT2D eigenvalue weighted by atomic mass is 10.2. The van der Waals surface area contributed by atoms with Crippen LogP contribution in [-0.2, 0) is 19.8 Å². The summed E-state index contributed by atoms with van der Waals surface area (Å²) in [4.78, 5) is 3.89. The van der Waals surface area contributed by atoms with Gasteiger partial charge in [-0.15, -0.1) is 0 Å². The van der Waals surface area contributed by atoms with Crippen molar-refractivity contribution in [1.82, 2.24) is 4.98 Å². The van der Waals surface area contributed by atoms with E-state index in [4.69, 9.17) is 25.4 Å². The van der Waals surface area contributed by atoms with E-state index >= 15 is 0 Å². The van der Waals surface area contributed by atoms with Crippen LogP contribution in [0.5, 0.6) is 11.6 Å². The fourth-order valence-corrected chi connectivity index (χ4v) is 3.41. The van der Waals surface area contributed by atoms with Gasteiger partial charge in [-0.05, 0) is 18.2 Å². The second-order valence-electron chi connectivity index (χ2n) is 4.44. The second kappa shape index (κ2) is 7.11. The molecule has 0 unspecified atom stereocenters. The largest absolute Gasteiger partial charge is 0.437 e. The SMILES string of the molecule is COP(=O)(OC)c1cc(C(F)(F)F)cc(Cl)c1Oc1ccccn1. The molecule has 0 N–H and O–H groups in total. The third-order valence-corrected chi connectivity index (χ3v) is 5.14. The number of nitrogens with zero attached hydrogens (tertiary/aromatic N) is 1. The molecule has 0 radical (unpaired) electrons. The van der Waals surface area contributed by atoms with Crippen molar-refractivity contribution in [3.05, 3.63) is 47.1 Å². The van der Waals surface area contributed by atoms with Crippen LogP contribution in [0.4, 0.5) is 13.2 Å². The van der Waals surface area contributed by atoms with Crippen LogP contribution >= 0.6 is 19.2 Å². The highest BCUT2D eigenvalue weighted by Crippen LogP contribution is 2.51. The van der Waals surface area contributed by atoms with Gasteiger partial charge in [0.05, 0.1) is 10.6 Å². The van der Waals surface area contributed by atoms with Crippen molar-refractivity contribution in [2.75, 3.05) is 14.2 Å². The molecule has 130 valence electrons. The summed E-state index contributed by atoms with van der Waals surface area (Å²) in [6.45, 7) is 0. The molecule has 0 saturated heterocycles. The summed E-state index contributed by atoms with van der Waals surface area (Å²) < 4.78 is 66.7. The van der Waals surface area contributed by atoms with E-state index in [-0.39, 0.29) is 11.6 Å². The fourth-order valence-electron chi connectivity index (χ4n) is 1.83. The molecule has 10 heteroatoms. The summed E-state index contributed by atoms with van der Waals surface area (Å²) in [5.41, 5.74) is -1.11. The zero-order chi connectivity index (χ0) is 18.0. The standard InChI is InChI=1S/C14H12ClF3NO4P/c1-21-24(20,22-2)11-8-9(14(16,17)18)7-10(15)13(11)23-12-5-3-4-6-19-12/h3-8H,1-2H3. The second-order valence-corrected chi connectivity index (χ2v) is 7.05. The van der Waals surface area contributed by atoms with E-state index in [9.17, 15) is 17.7 Å². The minimum atomic E-state index is -4.70. The van der Waals surface area contributed by atoms with Gasteiger partial charge in [-0.1, -0.05) is 17.7 Å². The van der Waals surface area contributed by atoms with Crippen molar-refractivity contribution >= 4 is 24.5 Å². The molecule has 0 amide bonds. The molecule has 0 aliphatic heterocycles. The minimum absolute atomic E-state index is 0.0548. The van der Waals surface area contributed by atoms with Crippen LogP contribution in [0.1, 0.15) is 5.56 Å². The lowest BCUT2D eigenvalue weighted by Crippen LogP contribution is -2.16. The number of rotatable bonds is 5. The maximum atomic E-state index is 13.0. The van der Waals surface area contributed by atoms with Gasteiger partial charge in [-0.3, -0.25) is 4.57 Å². The van der Waals surface area contributed by atoms with Gasteiger partial charge in [0.15, 0.2) is 5.75 Å². The average Bonchev–Trinajstić information content (AvgIpc) is 2.55. The van der Waals surface area contributed by atoms with Crippen LogP contribution in [0.2, 0.25) is 5.02 Å². The molecule has 1 heterocycles. The van der Waals surface area contributed by atoms with E-state index in [1.54, 1.807) is 12.1 Å². The van der Waals surface area contributed by atoms with Crippen LogP contribution in [-0.4, -0.2) is 19.2 Å². The molecule has 2 aromatic rings. The highest BCUT2D eigenvalue weighted by Gasteiger charge is 2.37. The van der Waals surface area contributed by atoms with E-state index in [0.29, 0.717) is 12.1 Å². The Bertz CT molecular complexity index is 763. The number of halogens is 4. The first-order chi connectivity index (χ1) is 11.2. The molecular formula is C14H12ClF3NO4P. The van der Waals surface area contributed by atoms with Crippen LogP contribution in [0.3, 0.4) is 0 Å². The minimum Gasteiger partial charge on any atom is -0.437 e. The summed E-state index contributed by atoms with van der Waals surface area (Å²) in [6.07, 6.45) is -3.28. The lowest BCUT2D eigenvalue weighted by molar-refractivity contribution is -0.137. The van der Waals surface area contributed by atoms with Crippen molar-refractivity contribution in [3.8, 4) is 11.6 Å². The van der Waals surface area contributed by atoms with E-state index in [1.165, 1.54) is 12.3 Å². The van der Waals surface area contributed by atoms with E-state index < -0.39 is 29.7 Å². The zero-order valence-electron chi connectivity index (χ0n) is 12.5. The molecule has 0 saturated carbocycles. The molecule has 1 aromatic heterocycles. The number of ether oxygens (including phenoxy) is 1. The summed E-state index contributed by atoms with van der Waals surface area (Å²) in [5.74, 6) is -0.227. The highest BCUT2D eigenvalue weighted by molar-refractivity contribution is 7.62. The first-order valence-electron chi connectivity index (χ1n) is 6.43. The Labute approximate surface area is 140 Å². The lowest BCUT2D eigenvalue weighted by Gasteiger charge is -2.20. The van der Waals surface area contributed by atoms with Gasteiger partial charge in [-0.25, -0.2) is 4.98 Å². The van der Waals surface area contributed by atoms with Gasteiger partial charge >= 0.3 is 13.8 Å². The van der Waals surface area contributed by atoms with Crippen molar-refractivity contribution in [3.63, 3.8) is 0 Å². The van der Waals surface area contributed by atoms with Crippen molar-refractivity contribution in [2.45, 2.75) is 6.18 Å². The van der Waals surface area contributed by atoms with Crippen molar-refractivity contribution in [2.24, 2.45) is 0 Å². The normalized spacial score (nSPS) is 12.2. The molecule has 0 aliphatic rings. The molecule has 5 nitrogen and oxygen atoms in total. The van der Waals surface area contributed by atoms with Gasteiger partial charge < -0.3 is 13.8 Å². The Balaban J connectivity index is 2.66. The molecule has 0 fully saturated rings. The monoisotopic (exact) mass is 381 g/mol. The maximum Gasteiger partial charge on any atom is 0.416 e. The quantitative estimate of drug-likeness (QED) is 0.705. The molecule has 24 heavy (non-hydrogen) atoms. The summed E-state index contributed by atoms with van der Waals surface area (Å²) in [7, 11) is -1.98. The molecule has 2 rings (SSSR count). The predicted molar refractivity (Wildman–Crippen MR) is 82.0 cm³/mol. The topological polar surface area (TPSA) is 57.7 Å². The van der Waals surface area contributed by atoms with Crippen LogP contribution in [0.25, 0.3) is 0 Å². The predicted octanol–water partition coefficient (Wildman–Crippen LogP) is 4.66. The van der Waals surface area contributed by atoms with Crippen molar-refractivity contribution < 1.29 is 31.5 Å². The fraction of sp³-hybridized carbons (Fsp3) is 0.214. The van der Waals surface area contributed by atoms with Gasteiger partial charge in [0.1, 0.15) is 5.30 Å². The Morgan fingerprint density at radius 3 is 2.33 bits per heavy atom. The number of hydrogen-bond donors (Lipinski definition) is 0. The first kappa shape index (κ1) is 18.7. The first-order valence-corrected chi connectivity index (χ1v) is 8.35. The van der Waals surface area contributed by atoms with Crippen LogP contribution in [0, 0.1) is 0 Å². The number of hydrogen-bond acceptors (Lipinski definition) is 5. The van der Waals surface area contributed by atoms with E-state index in [2.05, 4.69) is 4.98 Å². The molecule has 1 aromatic carbocycles. The Morgan fingerprint density at radius 2 is 1.83 bits per heavy atom. The third kappa shape index (κ3) is 3.89. The Kier molecular flexibility index (Phi) is 5.55. The maximum absolute atomic E-state index is 13.0. The molecule has 0 atom stereocenters. The zero-order valence-corrected chi connectivity index (χ0v) is 14.2. The summed E-state index contributed by atoms with van der Waals surface area (Å²) >= 11 is 5.93.